The van der Waals surface area contributed by atoms with Crippen LogP contribution in [0.15, 0.2) is 42.5 Å². The number of carbonyl (C=O) groups is 3. The van der Waals surface area contributed by atoms with Crippen molar-refractivity contribution < 1.29 is 40.7 Å². The second-order valence-corrected chi connectivity index (χ2v) is 8.70. The first kappa shape index (κ1) is 24.7. The predicted octanol–water partition coefficient (Wildman–Crippen LogP) is 5.77. The molecule has 11 heteroatoms. The summed E-state index contributed by atoms with van der Waals surface area (Å²) in [5.74, 6) is -3.03. The molecule has 1 N–H and O–H groups in total. The summed E-state index contributed by atoms with van der Waals surface area (Å²) in [7, 11) is 0. The molecule has 0 spiro atoms. The maximum Gasteiger partial charge on any atom is 0.416 e. The van der Waals surface area contributed by atoms with Crippen molar-refractivity contribution in [3.8, 4) is 0 Å². The Balaban J connectivity index is 1.55. The molecule has 0 saturated heterocycles. The quantitative estimate of drug-likeness (QED) is 0.430. The summed E-state index contributed by atoms with van der Waals surface area (Å²) in [6, 6.07) is 7.17. The summed E-state index contributed by atoms with van der Waals surface area (Å²) >= 11 is 0. The van der Waals surface area contributed by atoms with Gasteiger partial charge < -0.3 is 5.32 Å². The minimum atomic E-state index is -5.04. The molecule has 1 aliphatic heterocycles. The number of nitrogens with one attached hydrogen (secondary N) is 1. The molecule has 2 aromatic carbocycles. The fourth-order valence-electron chi connectivity index (χ4n) is 4.67. The summed E-state index contributed by atoms with van der Waals surface area (Å²) in [6.07, 6.45) is -7.96. The number of carbonyl (C=O) groups excluding carboxylic acids is 3. The molecular weight excluding hydrogens is 478 g/mol. The number of alkyl halides is 6. The third-order valence-electron chi connectivity index (χ3n) is 6.40. The van der Waals surface area contributed by atoms with E-state index in [0.29, 0.717) is 37.8 Å². The predicted molar refractivity (Wildman–Crippen MR) is 112 cm³/mol. The summed E-state index contributed by atoms with van der Waals surface area (Å²) in [5.41, 5.74) is -3.19. The molecule has 3 amide bonds. The summed E-state index contributed by atoms with van der Waals surface area (Å²) in [6.45, 7) is -0.0686. The molecule has 2 unspecified atom stereocenters. The smallest absolute Gasteiger partial charge is 0.326 e. The number of nitrogens with zero attached hydrogens (tertiary/aromatic N) is 1. The average molecular weight is 498 g/mol. The van der Waals surface area contributed by atoms with E-state index in [-0.39, 0.29) is 23.7 Å². The van der Waals surface area contributed by atoms with Gasteiger partial charge in [-0.05, 0) is 49.1 Å². The summed E-state index contributed by atoms with van der Waals surface area (Å²) < 4.78 is 78.9. The highest BCUT2D eigenvalue weighted by Gasteiger charge is 2.41. The Morgan fingerprint density at radius 1 is 0.857 bits per heavy atom. The molecular formula is C24H20F6N2O3. The number of anilines is 1. The lowest BCUT2D eigenvalue weighted by Gasteiger charge is -2.33. The van der Waals surface area contributed by atoms with Crippen LogP contribution in [0.5, 0.6) is 0 Å². The van der Waals surface area contributed by atoms with Crippen LogP contribution in [0.4, 0.5) is 32.0 Å². The molecule has 186 valence electrons. The maximum atomic E-state index is 13.2. The number of hydrogen-bond acceptors (Lipinski definition) is 3. The van der Waals surface area contributed by atoms with E-state index in [4.69, 9.17) is 0 Å². The standard InChI is InChI=1S/C24H20F6N2O3/c25-23(26,27)14-9-15(24(28,29)30)11-16(10-14)31-20(33)17-6-2-1-5-13(17)12-32-21(34)18-7-3-4-8-19(18)22(32)35/h3-4,7-11,13,17H,1-2,5-6,12H2,(H,31,33). The molecule has 1 fully saturated rings. The van der Waals surface area contributed by atoms with Crippen LogP contribution < -0.4 is 5.32 Å². The minimum absolute atomic E-state index is 0.0126. The van der Waals surface area contributed by atoms with Crippen LogP contribution in [0, 0.1) is 11.8 Å². The van der Waals surface area contributed by atoms with Crippen molar-refractivity contribution >= 4 is 23.4 Å². The lowest BCUT2D eigenvalue weighted by molar-refractivity contribution is -0.143. The number of imide groups is 1. The zero-order valence-electron chi connectivity index (χ0n) is 18.2. The van der Waals surface area contributed by atoms with E-state index in [1.54, 1.807) is 12.1 Å². The van der Waals surface area contributed by atoms with E-state index in [0.717, 1.165) is 4.90 Å². The van der Waals surface area contributed by atoms with Gasteiger partial charge in [-0.1, -0.05) is 25.0 Å². The maximum absolute atomic E-state index is 13.2. The normalized spacial score (nSPS) is 20.7. The highest BCUT2D eigenvalue weighted by atomic mass is 19.4. The Labute approximate surface area is 196 Å². The van der Waals surface area contributed by atoms with Gasteiger partial charge in [-0.2, -0.15) is 26.3 Å². The first-order valence-corrected chi connectivity index (χ1v) is 10.9. The van der Waals surface area contributed by atoms with Crippen molar-refractivity contribution in [2.75, 3.05) is 11.9 Å². The third-order valence-corrected chi connectivity index (χ3v) is 6.40. The van der Waals surface area contributed by atoms with Crippen LogP contribution in [0.2, 0.25) is 0 Å². The number of amides is 3. The van der Waals surface area contributed by atoms with Crippen LogP contribution >= 0.6 is 0 Å². The second-order valence-electron chi connectivity index (χ2n) is 8.70. The average Bonchev–Trinajstić information content (AvgIpc) is 3.03. The molecule has 2 atom stereocenters. The summed E-state index contributed by atoms with van der Waals surface area (Å²) in [4.78, 5) is 39.4. The highest BCUT2D eigenvalue weighted by Crippen LogP contribution is 2.39. The van der Waals surface area contributed by atoms with Crippen LogP contribution in [0.25, 0.3) is 0 Å². The molecule has 2 aliphatic rings. The fourth-order valence-corrected chi connectivity index (χ4v) is 4.67. The Morgan fingerprint density at radius 2 is 1.37 bits per heavy atom. The van der Waals surface area contributed by atoms with Crippen LogP contribution in [-0.4, -0.2) is 29.2 Å². The van der Waals surface area contributed by atoms with E-state index >= 15 is 0 Å². The number of fused-ring (bicyclic) bond motifs is 1. The molecule has 0 aromatic heterocycles. The van der Waals surface area contributed by atoms with Gasteiger partial charge in [0.05, 0.1) is 22.3 Å². The SMILES string of the molecule is O=C(Nc1cc(C(F)(F)F)cc(C(F)(F)F)c1)C1CCCCC1CN1C(=O)c2ccccc2C1=O. The van der Waals surface area contributed by atoms with E-state index in [1.807, 2.05) is 0 Å². The Kier molecular flexibility index (Phi) is 6.37. The Morgan fingerprint density at radius 3 is 1.89 bits per heavy atom. The molecule has 1 heterocycles. The molecule has 5 nitrogen and oxygen atoms in total. The van der Waals surface area contributed by atoms with Gasteiger partial charge in [-0.3, -0.25) is 19.3 Å². The van der Waals surface area contributed by atoms with Crippen molar-refractivity contribution in [3.05, 3.63) is 64.7 Å². The van der Waals surface area contributed by atoms with Crippen molar-refractivity contribution in [2.45, 2.75) is 38.0 Å². The van der Waals surface area contributed by atoms with Gasteiger partial charge in [0.25, 0.3) is 11.8 Å². The van der Waals surface area contributed by atoms with Gasteiger partial charge >= 0.3 is 12.4 Å². The molecule has 1 aliphatic carbocycles. The molecule has 0 bridgehead atoms. The van der Waals surface area contributed by atoms with Gasteiger partial charge in [-0.25, -0.2) is 0 Å². The second kappa shape index (κ2) is 9.01. The molecule has 2 aromatic rings. The highest BCUT2D eigenvalue weighted by molar-refractivity contribution is 6.21. The number of benzene rings is 2. The number of hydrogen-bond donors (Lipinski definition) is 1. The van der Waals surface area contributed by atoms with Gasteiger partial charge in [0, 0.05) is 18.2 Å². The van der Waals surface area contributed by atoms with E-state index < -0.39 is 58.7 Å². The molecule has 35 heavy (non-hydrogen) atoms. The Bertz CT molecular complexity index is 1110. The van der Waals surface area contributed by atoms with Crippen molar-refractivity contribution in [2.24, 2.45) is 11.8 Å². The minimum Gasteiger partial charge on any atom is -0.326 e. The lowest BCUT2D eigenvalue weighted by atomic mass is 9.78. The number of halogens is 6. The van der Waals surface area contributed by atoms with Gasteiger partial charge in [0.1, 0.15) is 0 Å². The van der Waals surface area contributed by atoms with Crippen molar-refractivity contribution in [1.82, 2.24) is 4.90 Å². The van der Waals surface area contributed by atoms with Crippen molar-refractivity contribution in [1.29, 1.82) is 0 Å². The zero-order chi connectivity index (χ0) is 25.5. The van der Waals surface area contributed by atoms with E-state index in [2.05, 4.69) is 5.32 Å². The number of rotatable bonds is 4. The first-order valence-electron chi connectivity index (χ1n) is 10.9. The van der Waals surface area contributed by atoms with E-state index in [9.17, 15) is 40.7 Å². The van der Waals surface area contributed by atoms with Gasteiger partial charge in [-0.15, -0.1) is 0 Å². The third kappa shape index (κ3) is 5.03. The topological polar surface area (TPSA) is 66.5 Å². The van der Waals surface area contributed by atoms with Crippen LogP contribution in [0.1, 0.15) is 57.5 Å². The monoisotopic (exact) mass is 498 g/mol. The van der Waals surface area contributed by atoms with Crippen LogP contribution in [0.3, 0.4) is 0 Å². The van der Waals surface area contributed by atoms with Crippen LogP contribution in [-0.2, 0) is 17.1 Å². The fraction of sp³-hybridized carbons (Fsp3) is 0.375. The molecule has 4 rings (SSSR count). The molecule has 0 radical (unpaired) electrons. The van der Waals surface area contributed by atoms with Gasteiger partial charge in [0.2, 0.25) is 5.91 Å². The zero-order valence-corrected chi connectivity index (χ0v) is 18.2. The lowest BCUT2D eigenvalue weighted by Crippen LogP contribution is -2.41. The van der Waals surface area contributed by atoms with E-state index in [1.165, 1.54) is 12.1 Å². The van der Waals surface area contributed by atoms with Crippen molar-refractivity contribution in [3.63, 3.8) is 0 Å². The largest absolute Gasteiger partial charge is 0.416 e. The molecule has 1 saturated carbocycles. The summed E-state index contributed by atoms with van der Waals surface area (Å²) in [5, 5.41) is 2.20. The Hall–Kier alpha value is -3.37. The van der Waals surface area contributed by atoms with Gasteiger partial charge in [0.15, 0.2) is 0 Å². The first-order chi connectivity index (χ1) is 16.4.